The molecule has 1 aromatic carbocycles. The van der Waals surface area contributed by atoms with Gasteiger partial charge in [0.15, 0.2) is 0 Å². The minimum Gasteiger partial charge on any atom is -0.324 e. The zero-order valence-corrected chi connectivity index (χ0v) is 16.8. The monoisotopic (exact) mass is 417 g/mol. The number of anilines is 1. The Bertz CT molecular complexity index is 956. The van der Waals surface area contributed by atoms with Crippen molar-refractivity contribution in [3.05, 3.63) is 36.4 Å². The molecule has 3 amide bonds. The summed E-state index contributed by atoms with van der Waals surface area (Å²) in [5.74, 6) is -1.87. The maximum Gasteiger partial charge on any atom is 0.247 e. The van der Waals surface area contributed by atoms with Crippen LogP contribution in [0.15, 0.2) is 41.3 Å². The third-order valence-corrected chi connectivity index (χ3v) is 7.18. The molecule has 0 radical (unpaired) electrons. The van der Waals surface area contributed by atoms with Crippen LogP contribution in [0.1, 0.15) is 32.6 Å². The third kappa shape index (κ3) is 3.84. The van der Waals surface area contributed by atoms with Gasteiger partial charge in [0.25, 0.3) is 0 Å². The molecule has 1 aromatic rings. The summed E-state index contributed by atoms with van der Waals surface area (Å²) < 4.78 is 27.0. The smallest absolute Gasteiger partial charge is 0.247 e. The van der Waals surface area contributed by atoms with Gasteiger partial charge in [-0.15, -0.1) is 0 Å². The lowest BCUT2D eigenvalue weighted by molar-refractivity contribution is -0.146. The second-order valence-electron chi connectivity index (χ2n) is 7.79. The second-order valence-corrected chi connectivity index (χ2v) is 9.50. The number of amides is 3. The number of carbonyl (C=O) groups excluding carboxylic acids is 3. The Morgan fingerprint density at radius 1 is 1.03 bits per heavy atom. The average molecular weight is 417 g/mol. The summed E-state index contributed by atoms with van der Waals surface area (Å²) in [6.07, 6.45) is 6.52. The largest absolute Gasteiger partial charge is 0.324 e. The molecule has 9 heteroatoms. The van der Waals surface area contributed by atoms with Crippen LogP contribution in [0.4, 0.5) is 5.69 Å². The molecule has 1 saturated heterocycles. The average Bonchev–Trinajstić information content (AvgIpc) is 3.47. The normalized spacial score (nSPS) is 25.1. The summed E-state index contributed by atoms with van der Waals surface area (Å²) >= 11 is 0. The van der Waals surface area contributed by atoms with Crippen molar-refractivity contribution in [3.8, 4) is 0 Å². The highest BCUT2D eigenvalue weighted by atomic mass is 32.2. The molecule has 3 aliphatic rings. The van der Waals surface area contributed by atoms with Crippen LogP contribution in [-0.4, -0.2) is 43.1 Å². The molecule has 2 N–H and O–H groups in total. The first kappa shape index (κ1) is 19.8. The van der Waals surface area contributed by atoms with E-state index in [2.05, 4.69) is 10.0 Å². The van der Waals surface area contributed by atoms with E-state index >= 15 is 0 Å². The number of fused-ring (bicyclic) bond motifs is 1. The van der Waals surface area contributed by atoms with Gasteiger partial charge in [0, 0.05) is 11.7 Å². The van der Waals surface area contributed by atoms with Crippen LogP contribution < -0.4 is 10.0 Å². The number of carbonyl (C=O) groups is 3. The lowest BCUT2D eigenvalue weighted by atomic mass is 9.85. The second kappa shape index (κ2) is 7.38. The highest BCUT2D eigenvalue weighted by Crippen LogP contribution is 2.36. The maximum absolute atomic E-state index is 12.6. The molecule has 0 bridgehead atoms. The van der Waals surface area contributed by atoms with Gasteiger partial charge in [0.05, 0.1) is 16.7 Å². The van der Waals surface area contributed by atoms with Gasteiger partial charge in [-0.25, -0.2) is 13.1 Å². The number of rotatable bonds is 6. The third-order valence-electron chi connectivity index (χ3n) is 5.64. The topological polar surface area (TPSA) is 113 Å². The van der Waals surface area contributed by atoms with Crippen LogP contribution in [-0.2, 0) is 24.4 Å². The van der Waals surface area contributed by atoms with Gasteiger partial charge in [-0.1, -0.05) is 12.2 Å². The van der Waals surface area contributed by atoms with Gasteiger partial charge in [0.1, 0.15) is 6.04 Å². The molecule has 0 spiro atoms. The summed E-state index contributed by atoms with van der Waals surface area (Å²) in [4.78, 5) is 39.0. The van der Waals surface area contributed by atoms with Crippen molar-refractivity contribution in [3.63, 3.8) is 0 Å². The van der Waals surface area contributed by atoms with Crippen LogP contribution in [0.25, 0.3) is 0 Å². The van der Waals surface area contributed by atoms with Crippen LogP contribution in [0.2, 0.25) is 0 Å². The van der Waals surface area contributed by atoms with E-state index < -0.39 is 22.0 Å². The number of benzene rings is 1. The number of sulfonamides is 1. The Balaban J connectivity index is 1.42. The van der Waals surface area contributed by atoms with E-state index in [0.717, 1.165) is 17.7 Å². The van der Waals surface area contributed by atoms with Crippen molar-refractivity contribution in [2.75, 3.05) is 5.32 Å². The van der Waals surface area contributed by atoms with Crippen LogP contribution in [0, 0.1) is 11.8 Å². The van der Waals surface area contributed by atoms with E-state index in [1.807, 2.05) is 12.2 Å². The standard InChI is InChI=1S/C20H23N3O5S/c1-12(23-19(25)16-4-2-3-5-17(16)20(23)26)18(24)21-13-8-10-15(11-9-13)29(27,28)22-14-6-7-14/h2-3,8-12,14,16-17,22H,4-7H2,1H3,(H,21,24)/t12-,16-,17+/m1/s1. The van der Waals surface area contributed by atoms with Gasteiger partial charge >= 0.3 is 0 Å². The number of hydrogen-bond donors (Lipinski definition) is 2. The Hall–Kier alpha value is -2.52. The van der Waals surface area contributed by atoms with Gasteiger partial charge in [-0.3, -0.25) is 19.3 Å². The number of hydrogen-bond acceptors (Lipinski definition) is 5. The fourth-order valence-corrected chi connectivity index (χ4v) is 5.08. The summed E-state index contributed by atoms with van der Waals surface area (Å²) in [6, 6.07) is 4.87. The van der Waals surface area contributed by atoms with Gasteiger partial charge in [0.2, 0.25) is 27.7 Å². The first-order valence-electron chi connectivity index (χ1n) is 9.73. The highest BCUT2D eigenvalue weighted by Gasteiger charge is 2.50. The van der Waals surface area contributed by atoms with E-state index in [4.69, 9.17) is 0 Å². The predicted octanol–water partition coefficient (Wildman–Crippen LogP) is 1.41. The molecule has 29 heavy (non-hydrogen) atoms. The molecule has 1 heterocycles. The maximum atomic E-state index is 12.6. The predicted molar refractivity (Wildman–Crippen MR) is 105 cm³/mol. The molecule has 1 aliphatic heterocycles. The molecule has 2 aliphatic carbocycles. The van der Waals surface area contributed by atoms with E-state index in [0.29, 0.717) is 18.5 Å². The number of likely N-dealkylation sites (tertiary alicyclic amines) is 1. The molecule has 4 rings (SSSR count). The highest BCUT2D eigenvalue weighted by molar-refractivity contribution is 7.89. The molecular weight excluding hydrogens is 394 g/mol. The van der Waals surface area contributed by atoms with Crippen molar-refractivity contribution in [2.24, 2.45) is 11.8 Å². The quantitative estimate of drug-likeness (QED) is 0.537. The fraction of sp³-hybridized carbons (Fsp3) is 0.450. The molecule has 3 atom stereocenters. The van der Waals surface area contributed by atoms with Crippen LogP contribution >= 0.6 is 0 Å². The van der Waals surface area contributed by atoms with Crippen molar-refractivity contribution >= 4 is 33.4 Å². The number of imide groups is 1. The SMILES string of the molecule is C[C@H](C(=O)Nc1ccc(S(=O)(=O)NC2CC2)cc1)N1C(=O)[C@H]2CC=CC[C@H]2C1=O. The summed E-state index contributed by atoms with van der Waals surface area (Å²) in [5.41, 5.74) is 0.394. The van der Waals surface area contributed by atoms with E-state index in [-0.39, 0.29) is 34.6 Å². The van der Waals surface area contributed by atoms with Gasteiger partial charge in [-0.05, 0) is 56.9 Å². The Morgan fingerprint density at radius 2 is 1.59 bits per heavy atom. The number of allylic oxidation sites excluding steroid dienone is 2. The Labute approximate surface area is 169 Å². The summed E-state index contributed by atoms with van der Waals surface area (Å²) in [5, 5.41) is 2.66. The van der Waals surface area contributed by atoms with Gasteiger partial charge in [-0.2, -0.15) is 0 Å². The van der Waals surface area contributed by atoms with Crippen molar-refractivity contribution < 1.29 is 22.8 Å². The molecule has 8 nitrogen and oxygen atoms in total. The molecule has 2 fully saturated rings. The minimum absolute atomic E-state index is 0.00894. The zero-order valence-electron chi connectivity index (χ0n) is 16.0. The Kier molecular flexibility index (Phi) is 5.04. The number of nitrogens with one attached hydrogen (secondary N) is 2. The Morgan fingerprint density at radius 3 is 2.10 bits per heavy atom. The molecule has 1 saturated carbocycles. The number of nitrogens with zero attached hydrogens (tertiary/aromatic N) is 1. The lowest BCUT2D eigenvalue weighted by Gasteiger charge is -2.22. The van der Waals surface area contributed by atoms with Gasteiger partial charge < -0.3 is 5.32 Å². The fourth-order valence-electron chi connectivity index (χ4n) is 3.78. The molecular formula is C20H23N3O5S. The van der Waals surface area contributed by atoms with Crippen LogP contribution in [0.5, 0.6) is 0 Å². The summed E-state index contributed by atoms with van der Waals surface area (Å²) in [6.45, 7) is 1.52. The van der Waals surface area contributed by atoms with Crippen LogP contribution in [0.3, 0.4) is 0 Å². The summed E-state index contributed by atoms with van der Waals surface area (Å²) in [7, 11) is -3.56. The zero-order chi connectivity index (χ0) is 20.8. The first-order chi connectivity index (χ1) is 13.8. The molecule has 154 valence electrons. The first-order valence-corrected chi connectivity index (χ1v) is 11.2. The van der Waals surface area contributed by atoms with E-state index in [9.17, 15) is 22.8 Å². The van der Waals surface area contributed by atoms with E-state index in [1.165, 1.54) is 31.2 Å². The van der Waals surface area contributed by atoms with Crippen molar-refractivity contribution in [1.29, 1.82) is 0 Å². The van der Waals surface area contributed by atoms with E-state index in [1.54, 1.807) is 0 Å². The van der Waals surface area contributed by atoms with Crippen molar-refractivity contribution in [2.45, 2.75) is 49.6 Å². The molecule has 0 aromatic heterocycles. The van der Waals surface area contributed by atoms with Crippen molar-refractivity contribution in [1.82, 2.24) is 9.62 Å². The minimum atomic E-state index is -3.56. The lowest BCUT2D eigenvalue weighted by Crippen LogP contribution is -2.46. The molecule has 0 unspecified atom stereocenters.